The van der Waals surface area contributed by atoms with E-state index in [1.54, 1.807) is 0 Å². The SMILES string of the molecule is CCn1c2c(cc(CCl)c1=O)CN(C)CC2. The summed E-state index contributed by atoms with van der Waals surface area (Å²) in [6.07, 6.45) is 0.956. The summed E-state index contributed by atoms with van der Waals surface area (Å²) in [7, 11) is 2.10. The Kier molecular flexibility index (Phi) is 3.36. The lowest BCUT2D eigenvalue weighted by Crippen LogP contribution is -2.34. The van der Waals surface area contributed by atoms with Gasteiger partial charge in [-0.2, -0.15) is 0 Å². The lowest BCUT2D eigenvalue weighted by Gasteiger charge is -2.27. The van der Waals surface area contributed by atoms with Gasteiger partial charge in [0.25, 0.3) is 5.56 Å². The number of rotatable bonds is 2. The molecular formula is C12H17ClN2O. The van der Waals surface area contributed by atoms with E-state index in [0.717, 1.165) is 31.6 Å². The van der Waals surface area contributed by atoms with Crippen LogP contribution in [0.4, 0.5) is 0 Å². The molecule has 3 nitrogen and oxygen atoms in total. The predicted molar refractivity (Wildman–Crippen MR) is 66.0 cm³/mol. The van der Waals surface area contributed by atoms with Gasteiger partial charge in [-0.3, -0.25) is 4.79 Å². The highest BCUT2D eigenvalue weighted by atomic mass is 35.5. The third kappa shape index (κ3) is 1.89. The molecule has 1 aliphatic rings. The zero-order valence-corrected chi connectivity index (χ0v) is 10.5. The lowest BCUT2D eigenvalue weighted by atomic mass is 10.0. The van der Waals surface area contributed by atoms with Gasteiger partial charge in [-0.1, -0.05) is 0 Å². The quantitative estimate of drug-likeness (QED) is 0.734. The van der Waals surface area contributed by atoms with E-state index in [-0.39, 0.29) is 5.56 Å². The van der Waals surface area contributed by atoms with Gasteiger partial charge in [0.1, 0.15) is 0 Å². The van der Waals surface area contributed by atoms with Crippen molar-refractivity contribution in [3.05, 3.63) is 33.2 Å². The van der Waals surface area contributed by atoms with E-state index in [0.29, 0.717) is 5.88 Å². The van der Waals surface area contributed by atoms with Crippen LogP contribution in [0.25, 0.3) is 0 Å². The second-order valence-electron chi connectivity index (χ2n) is 4.31. The fraction of sp³-hybridized carbons (Fsp3) is 0.583. The van der Waals surface area contributed by atoms with Crippen LogP contribution in [-0.2, 0) is 25.4 Å². The molecule has 0 spiro atoms. The molecule has 1 aliphatic heterocycles. The third-order valence-corrected chi connectivity index (χ3v) is 3.48. The summed E-state index contributed by atoms with van der Waals surface area (Å²) >= 11 is 5.81. The van der Waals surface area contributed by atoms with Crippen LogP contribution in [0, 0.1) is 0 Å². The molecule has 0 N–H and O–H groups in total. The molecule has 1 aromatic heterocycles. The molecule has 4 heteroatoms. The molecule has 0 saturated heterocycles. The van der Waals surface area contributed by atoms with Crippen LogP contribution in [0.15, 0.2) is 10.9 Å². The second kappa shape index (κ2) is 4.60. The van der Waals surface area contributed by atoms with Crippen LogP contribution in [0.1, 0.15) is 23.7 Å². The maximum atomic E-state index is 12.0. The van der Waals surface area contributed by atoms with Crippen molar-refractivity contribution < 1.29 is 0 Å². The van der Waals surface area contributed by atoms with Gasteiger partial charge in [0.05, 0.1) is 5.88 Å². The maximum Gasteiger partial charge on any atom is 0.255 e. The molecule has 16 heavy (non-hydrogen) atoms. The highest BCUT2D eigenvalue weighted by Crippen LogP contribution is 2.18. The Bertz CT molecular complexity index is 453. The molecule has 0 aromatic carbocycles. The number of hydrogen-bond acceptors (Lipinski definition) is 2. The van der Waals surface area contributed by atoms with Crippen molar-refractivity contribution in [3.8, 4) is 0 Å². The van der Waals surface area contributed by atoms with E-state index < -0.39 is 0 Å². The molecular weight excluding hydrogens is 224 g/mol. The highest BCUT2D eigenvalue weighted by Gasteiger charge is 2.18. The van der Waals surface area contributed by atoms with Gasteiger partial charge < -0.3 is 9.47 Å². The largest absolute Gasteiger partial charge is 0.312 e. The van der Waals surface area contributed by atoms with Crippen molar-refractivity contribution in [2.45, 2.75) is 32.3 Å². The number of alkyl halides is 1. The molecule has 0 aliphatic carbocycles. The zero-order valence-electron chi connectivity index (χ0n) is 9.79. The molecule has 0 bridgehead atoms. The zero-order chi connectivity index (χ0) is 11.7. The van der Waals surface area contributed by atoms with E-state index in [9.17, 15) is 4.79 Å². The number of nitrogens with zero attached hydrogens (tertiary/aromatic N) is 2. The van der Waals surface area contributed by atoms with Crippen molar-refractivity contribution in [1.29, 1.82) is 0 Å². The Labute approximate surface area is 101 Å². The molecule has 0 fully saturated rings. The molecule has 88 valence electrons. The Morgan fingerprint density at radius 3 is 2.88 bits per heavy atom. The summed E-state index contributed by atoms with van der Waals surface area (Å²) < 4.78 is 1.88. The smallest absolute Gasteiger partial charge is 0.255 e. The summed E-state index contributed by atoms with van der Waals surface area (Å²) in [6, 6.07) is 1.98. The summed E-state index contributed by atoms with van der Waals surface area (Å²) in [4.78, 5) is 14.3. The van der Waals surface area contributed by atoms with Crippen molar-refractivity contribution in [2.24, 2.45) is 0 Å². The van der Waals surface area contributed by atoms with Gasteiger partial charge >= 0.3 is 0 Å². The summed E-state index contributed by atoms with van der Waals surface area (Å²) in [5.74, 6) is 0.301. The normalized spacial score (nSPS) is 16.2. The summed E-state index contributed by atoms with van der Waals surface area (Å²) in [5, 5.41) is 0. The van der Waals surface area contributed by atoms with E-state index in [4.69, 9.17) is 11.6 Å². The monoisotopic (exact) mass is 240 g/mol. The van der Waals surface area contributed by atoms with Gasteiger partial charge in [-0.05, 0) is 25.6 Å². The Morgan fingerprint density at radius 2 is 2.25 bits per heavy atom. The van der Waals surface area contributed by atoms with Crippen molar-refractivity contribution >= 4 is 11.6 Å². The second-order valence-corrected chi connectivity index (χ2v) is 4.58. The Balaban J connectivity index is 2.60. The van der Waals surface area contributed by atoms with Crippen LogP contribution in [0.3, 0.4) is 0 Å². The minimum absolute atomic E-state index is 0.0841. The Morgan fingerprint density at radius 1 is 1.50 bits per heavy atom. The fourth-order valence-corrected chi connectivity index (χ4v) is 2.55. The van der Waals surface area contributed by atoms with Crippen LogP contribution < -0.4 is 5.56 Å². The number of halogens is 1. The van der Waals surface area contributed by atoms with Gasteiger partial charge in [0, 0.05) is 37.3 Å². The molecule has 1 aromatic rings. The Hall–Kier alpha value is -0.800. The minimum atomic E-state index is 0.0841. The molecule has 0 atom stereocenters. The predicted octanol–water partition coefficient (Wildman–Crippen LogP) is 1.59. The number of fused-ring (bicyclic) bond motifs is 1. The number of pyridine rings is 1. The average molecular weight is 241 g/mol. The van der Waals surface area contributed by atoms with E-state index in [1.165, 1.54) is 11.3 Å². The fourth-order valence-electron chi connectivity index (χ4n) is 2.35. The topological polar surface area (TPSA) is 25.2 Å². The van der Waals surface area contributed by atoms with Gasteiger partial charge in [0.15, 0.2) is 0 Å². The highest BCUT2D eigenvalue weighted by molar-refractivity contribution is 6.17. The average Bonchev–Trinajstić information content (AvgIpc) is 2.28. The lowest BCUT2D eigenvalue weighted by molar-refractivity contribution is 0.304. The molecule has 0 amide bonds. The van der Waals surface area contributed by atoms with Crippen LogP contribution in [-0.4, -0.2) is 23.1 Å². The van der Waals surface area contributed by atoms with E-state index >= 15 is 0 Å². The summed E-state index contributed by atoms with van der Waals surface area (Å²) in [6.45, 7) is 4.68. The first-order valence-electron chi connectivity index (χ1n) is 5.66. The summed E-state index contributed by atoms with van der Waals surface area (Å²) in [5.41, 5.74) is 3.25. The number of hydrogen-bond donors (Lipinski definition) is 0. The first-order valence-corrected chi connectivity index (χ1v) is 6.19. The van der Waals surface area contributed by atoms with Crippen molar-refractivity contribution in [2.75, 3.05) is 13.6 Å². The van der Waals surface area contributed by atoms with Gasteiger partial charge in [0.2, 0.25) is 0 Å². The van der Waals surface area contributed by atoms with E-state index in [1.807, 2.05) is 17.6 Å². The molecule has 0 saturated carbocycles. The molecule has 2 rings (SSSR count). The number of aromatic nitrogens is 1. The van der Waals surface area contributed by atoms with Gasteiger partial charge in [-0.25, -0.2) is 0 Å². The molecule has 0 unspecified atom stereocenters. The minimum Gasteiger partial charge on any atom is -0.312 e. The van der Waals surface area contributed by atoms with E-state index in [2.05, 4.69) is 11.9 Å². The van der Waals surface area contributed by atoms with Crippen molar-refractivity contribution in [1.82, 2.24) is 9.47 Å². The van der Waals surface area contributed by atoms with Crippen LogP contribution >= 0.6 is 11.6 Å². The molecule has 2 heterocycles. The third-order valence-electron chi connectivity index (χ3n) is 3.20. The van der Waals surface area contributed by atoms with Crippen molar-refractivity contribution in [3.63, 3.8) is 0 Å². The first kappa shape index (κ1) is 11.7. The first-order chi connectivity index (χ1) is 7.67. The standard InChI is InChI=1S/C12H17ClN2O/c1-3-15-11-4-5-14(2)8-10(11)6-9(7-13)12(15)16/h6H,3-5,7-8H2,1-2H3. The maximum absolute atomic E-state index is 12.0. The van der Waals surface area contributed by atoms with Crippen LogP contribution in [0.5, 0.6) is 0 Å². The number of likely N-dealkylation sites (N-methyl/N-ethyl adjacent to an activating group) is 1. The van der Waals surface area contributed by atoms with Crippen LogP contribution in [0.2, 0.25) is 0 Å². The van der Waals surface area contributed by atoms with Gasteiger partial charge in [-0.15, -0.1) is 11.6 Å². The molecule has 0 radical (unpaired) electrons.